The number of carbonyl (C=O) groups is 2. The van der Waals surface area contributed by atoms with Crippen LogP contribution in [0.25, 0.3) is 0 Å². The topological polar surface area (TPSA) is 40.6 Å². The molecule has 0 aromatic heterocycles. The second-order valence-electron chi connectivity index (χ2n) is 9.62. The summed E-state index contributed by atoms with van der Waals surface area (Å²) in [6.45, 7) is 1.57. The van der Waals surface area contributed by atoms with E-state index in [0.29, 0.717) is 0 Å². The van der Waals surface area contributed by atoms with Crippen molar-refractivity contribution in [1.29, 1.82) is 0 Å². The molecule has 30 heavy (non-hydrogen) atoms. The minimum atomic E-state index is -0.496. The summed E-state index contributed by atoms with van der Waals surface area (Å²) in [5, 5.41) is 0. The van der Waals surface area contributed by atoms with Gasteiger partial charge in [-0.05, 0) is 69.8 Å². The van der Waals surface area contributed by atoms with E-state index in [1.165, 1.54) is 5.57 Å². The smallest absolute Gasteiger partial charge is 0.235 e. The highest BCUT2D eigenvalue weighted by Gasteiger charge is 2.65. The van der Waals surface area contributed by atoms with Gasteiger partial charge >= 0.3 is 0 Å². The van der Waals surface area contributed by atoms with Crippen LogP contribution in [0.15, 0.2) is 48.2 Å². The second kappa shape index (κ2) is 8.20. The van der Waals surface area contributed by atoms with Gasteiger partial charge in [-0.2, -0.15) is 0 Å². The molecule has 5 heterocycles. The third-order valence-electron chi connectivity index (χ3n) is 7.92. The number of piperidine rings is 1. The molecule has 1 spiro atoms. The van der Waals surface area contributed by atoms with Gasteiger partial charge < -0.3 is 9.80 Å². The van der Waals surface area contributed by atoms with Gasteiger partial charge in [0.15, 0.2) is 0 Å². The average Bonchev–Trinajstić information content (AvgIpc) is 2.78. The zero-order chi connectivity index (χ0) is 20.6. The molecule has 1 fully saturated rings. The van der Waals surface area contributed by atoms with Crippen LogP contribution >= 0.6 is 0 Å². The van der Waals surface area contributed by atoms with E-state index in [0.717, 1.165) is 77.3 Å². The van der Waals surface area contributed by atoms with E-state index in [9.17, 15) is 9.59 Å². The highest BCUT2D eigenvalue weighted by Crippen LogP contribution is 2.57. The SMILES string of the molecule is O=C1[C@@H]2C=C3CC/C=C\CCCCN4C=C[C@@H]2[C@]2(CC/C=C\CCCCN1[C@@H]32)C4=O. The Morgan fingerprint density at radius 3 is 2.43 bits per heavy atom. The number of fused-ring (bicyclic) bond motifs is 1. The third-order valence-corrected chi connectivity index (χ3v) is 7.92. The first-order chi connectivity index (χ1) is 14.7. The van der Waals surface area contributed by atoms with Gasteiger partial charge in [-0.25, -0.2) is 0 Å². The lowest BCUT2D eigenvalue weighted by molar-refractivity contribution is -0.168. The Kier molecular flexibility index (Phi) is 5.43. The molecule has 0 aromatic carbocycles. The first-order valence-corrected chi connectivity index (χ1v) is 12.0. The zero-order valence-corrected chi connectivity index (χ0v) is 18.0. The van der Waals surface area contributed by atoms with E-state index >= 15 is 0 Å². The van der Waals surface area contributed by atoms with E-state index in [2.05, 4.69) is 41.4 Å². The number of nitrogens with zero attached hydrogens (tertiary/aromatic N) is 2. The molecule has 4 heteroatoms. The van der Waals surface area contributed by atoms with Crippen LogP contribution in [-0.4, -0.2) is 40.7 Å². The minimum Gasteiger partial charge on any atom is -0.334 e. The highest BCUT2D eigenvalue weighted by molar-refractivity contribution is 5.94. The van der Waals surface area contributed by atoms with Gasteiger partial charge in [-0.3, -0.25) is 9.59 Å². The van der Waals surface area contributed by atoms with Gasteiger partial charge in [0, 0.05) is 25.2 Å². The van der Waals surface area contributed by atoms with Crippen molar-refractivity contribution in [3.8, 4) is 0 Å². The molecule has 0 radical (unpaired) electrons. The Morgan fingerprint density at radius 1 is 0.867 bits per heavy atom. The molecule has 1 saturated heterocycles. The van der Waals surface area contributed by atoms with Gasteiger partial charge in [0.1, 0.15) is 0 Å². The van der Waals surface area contributed by atoms with Crippen LogP contribution < -0.4 is 0 Å². The Hall–Kier alpha value is -2.10. The largest absolute Gasteiger partial charge is 0.334 e. The van der Waals surface area contributed by atoms with Crippen LogP contribution in [0.2, 0.25) is 0 Å². The van der Waals surface area contributed by atoms with Crippen molar-refractivity contribution >= 4 is 11.8 Å². The zero-order valence-electron chi connectivity index (χ0n) is 18.0. The molecule has 6 rings (SSSR count). The third kappa shape index (κ3) is 3.11. The van der Waals surface area contributed by atoms with E-state index in [4.69, 9.17) is 0 Å². The van der Waals surface area contributed by atoms with Crippen molar-refractivity contribution in [3.63, 3.8) is 0 Å². The summed E-state index contributed by atoms with van der Waals surface area (Å²) in [5.74, 6) is 0.357. The van der Waals surface area contributed by atoms with Gasteiger partial charge in [0.2, 0.25) is 11.8 Å². The summed E-state index contributed by atoms with van der Waals surface area (Å²) in [6.07, 6.45) is 25.8. The quantitative estimate of drug-likeness (QED) is 0.545. The lowest BCUT2D eigenvalue weighted by Gasteiger charge is -2.60. The molecule has 0 aromatic rings. The molecule has 4 atom stereocenters. The number of allylic oxidation sites excluding steroid dienone is 5. The summed E-state index contributed by atoms with van der Waals surface area (Å²) >= 11 is 0. The van der Waals surface area contributed by atoms with Gasteiger partial charge in [0.25, 0.3) is 0 Å². The van der Waals surface area contributed by atoms with E-state index in [-0.39, 0.29) is 29.7 Å². The molecule has 160 valence electrons. The van der Waals surface area contributed by atoms with Crippen molar-refractivity contribution in [3.05, 3.63) is 48.2 Å². The monoisotopic (exact) mass is 406 g/mol. The van der Waals surface area contributed by atoms with Crippen LogP contribution in [0.1, 0.15) is 64.2 Å². The molecule has 5 aliphatic heterocycles. The van der Waals surface area contributed by atoms with Gasteiger partial charge in [0.05, 0.1) is 17.4 Å². The lowest BCUT2D eigenvalue weighted by atomic mass is 9.52. The Balaban J connectivity index is 1.65. The van der Waals surface area contributed by atoms with Crippen LogP contribution in [0.5, 0.6) is 0 Å². The molecule has 2 amide bonds. The van der Waals surface area contributed by atoms with Crippen LogP contribution in [0, 0.1) is 17.3 Å². The molecule has 4 nitrogen and oxygen atoms in total. The predicted molar refractivity (Wildman–Crippen MR) is 118 cm³/mol. The summed E-state index contributed by atoms with van der Waals surface area (Å²) in [4.78, 5) is 31.8. The van der Waals surface area contributed by atoms with E-state index < -0.39 is 5.41 Å². The molecule has 6 bridgehead atoms. The normalized spacial score (nSPS) is 38.8. The standard InChI is InChI=1S/C26H34N2O2/c29-24-21-19-20-13-9-5-1-3-7-11-16-27-18-14-22(21)26(25(27)30)15-10-6-2-4-8-12-17-28(24)23(20)26/h1-2,5-6,14,18-19,21-23H,3-4,7-13,15-17H2/b5-1-,6-2-/t21-,22+,23+,26+/m1/s1. The van der Waals surface area contributed by atoms with Crippen molar-refractivity contribution in [2.24, 2.45) is 17.3 Å². The van der Waals surface area contributed by atoms with E-state index in [1.54, 1.807) is 0 Å². The molecule has 1 aliphatic carbocycles. The van der Waals surface area contributed by atoms with Crippen LogP contribution in [0.3, 0.4) is 0 Å². The van der Waals surface area contributed by atoms with Crippen molar-refractivity contribution in [1.82, 2.24) is 9.80 Å². The molecule has 0 unspecified atom stereocenters. The van der Waals surface area contributed by atoms with Crippen molar-refractivity contribution in [2.75, 3.05) is 13.1 Å². The van der Waals surface area contributed by atoms with Crippen molar-refractivity contribution < 1.29 is 9.59 Å². The fourth-order valence-corrected chi connectivity index (χ4v) is 6.54. The maximum absolute atomic E-state index is 14.2. The maximum atomic E-state index is 14.2. The first-order valence-electron chi connectivity index (χ1n) is 12.0. The maximum Gasteiger partial charge on any atom is 0.235 e. The lowest BCUT2D eigenvalue weighted by Crippen LogP contribution is -2.70. The fourth-order valence-electron chi connectivity index (χ4n) is 6.54. The Labute approximate surface area is 180 Å². The first kappa shape index (κ1) is 19.8. The molecular weight excluding hydrogens is 372 g/mol. The number of hydrogen-bond acceptors (Lipinski definition) is 2. The number of carbonyl (C=O) groups excluding carboxylic acids is 2. The summed E-state index contributed by atoms with van der Waals surface area (Å²) in [6, 6.07) is -0.0689. The Morgan fingerprint density at radius 2 is 1.60 bits per heavy atom. The Bertz CT molecular complexity index is 823. The average molecular weight is 407 g/mol. The number of hydrogen-bond donors (Lipinski definition) is 0. The van der Waals surface area contributed by atoms with Crippen LogP contribution in [0.4, 0.5) is 0 Å². The van der Waals surface area contributed by atoms with Crippen LogP contribution in [-0.2, 0) is 9.59 Å². The summed E-state index contributed by atoms with van der Waals surface area (Å²) < 4.78 is 0. The molecular formula is C26H34N2O2. The fraction of sp³-hybridized carbons (Fsp3) is 0.615. The van der Waals surface area contributed by atoms with Gasteiger partial charge in [-0.1, -0.05) is 36.5 Å². The second-order valence-corrected chi connectivity index (χ2v) is 9.62. The molecule has 6 aliphatic rings. The number of amides is 2. The molecule has 0 saturated carbocycles. The number of rotatable bonds is 0. The van der Waals surface area contributed by atoms with Gasteiger partial charge in [-0.15, -0.1) is 0 Å². The minimum absolute atomic E-state index is 0.00794. The highest BCUT2D eigenvalue weighted by atomic mass is 16.2. The summed E-state index contributed by atoms with van der Waals surface area (Å²) in [7, 11) is 0. The predicted octanol–water partition coefficient (Wildman–Crippen LogP) is 4.75. The summed E-state index contributed by atoms with van der Waals surface area (Å²) in [5.41, 5.74) is 0.843. The van der Waals surface area contributed by atoms with E-state index in [1.807, 2.05) is 11.1 Å². The van der Waals surface area contributed by atoms with Crippen molar-refractivity contribution in [2.45, 2.75) is 70.3 Å². The molecule has 0 N–H and O–H groups in total.